The third kappa shape index (κ3) is 3.94. The number of rotatable bonds is 5. The number of nitrogens with two attached hydrogens (primary N) is 1. The fraction of sp³-hybridized carbons (Fsp3) is 0.370. The molecule has 2 fully saturated rings. The Bertz CT molecular complexity index is 1490. The molecule has 9 nitrogen and oxygen atoms in total. The first-order chi connectivity index (χ1) is 17.4. The molecule has 184 valence electrons. The molecule has 4 aromatic heterocycles. The maximum atomic E-state index is 12.4. The van der Waals surface area contributed by atoms with Gasteiger partial charge < -0.3 is 15.6 Å². The van der Waals surface area contributed by atoms with Crippen LogP contribution in [0.4, 0.5) is 0 Å². The van der Waals surface area contributed by atoms with E-state index in [0.29, 0.717) is 11.8 Å². The van der Waals surface area contributed by atoms with Gasteiger partial charge in [0.25, 0.3) is 5.91 Å². The number of aromatic nitrogens is 5. The van der Waals surface area contributed by atoms with Crippen molar-refractivity contribution in [3.63, 3.8) is 0 Å². The Morgan fingerprint density at radius 1 is 1.06 bits per heavy atom. The van der Waals surface area contributed by atoms with Crippen molar-refractivity contribution in [1.82, 2.24) is 29.6 Å². The van der Waals surface area contributed by atoms with Gasteiger partial charge in [-0.25, -0.2) is 9.67 Å². The van der Waals surface area contributed by atoms with E-state index in [4.69, 9.17) is 5.73 Å². The van der Waals surface area contributed by atoms with Crippen molar-refractivity contribution in [3.8, 4) is 16.9 Å². The number of piperidine rings is 1. The molecule has 36 heavy (non-hydrogen) atoms. The van der Waals surface area contributed by atoms with Gasteiger partial charge in [-0.3, -0.25) is 14.6 Å². The molecule has 1 aliphatic heterocycles. The minimum absolute atomic E-state index is 0.273. The van der Waals surface area contributed by atoms with E-state index in [9.17, 15) is 9.59 Å². The second-order valence-electron chi connectivity index (χ2n) is 9.99. The van der Waals surface area contributed by atoms with Gasteiger partial charge in [-0.2, -0.15) is 5.10 Å². The molecule has 1 saturated heterocycles. The van der Waals surface area contributed by atoms with E-state index in [2.05, 4.69) is 32.2 Å². The Hall–Kier alpha value is -4.01. The van der Waals surface area contributed by atoms with Crippen molar-refractivity contribution in [1.29, 1.82) is 0 Å². The molecule has 0 bridgehead atoms. The van der Waals surface area contributed by atoms with Gasteiger partial charge in [0, 0.05) is 64.7 Å². The third-order valence-electron chi connectivity index (χ3n) is 7.59. The van der Waals surface area contributed by atoms with Crippen LogP contribution in [0.5, 0.6) is 0 Å². The molecule has 1 saturated carbocycles. The summed E-state index contributed by atoms with van der Waals surface area (Å²) in [5.74, 6) is 0.436. The van der Waals surface area contributed by atoms with Gasteiger partial charge in [-0.1, -0.05) is 0 Å². The number of hydrogen-bond donors (Lipinski definition) is 2. The van der Waals surface area contributed by atoms with Crippen LogP contribution < -0.4 is 5.73 Å². The molecular formula is C27H29N7O2. The molecule has 0 spiro atoms. The molecule has 3 N–H and O–H groups in total. The maximum absolute atomic E-state index is 12.4. The van der Waals surface area contributed by atoms with E-state index in [1.807, 2.05) is 37.1 Å². The van der Waals surface area contributed by atoms with Gasteiger partial charge in [0.15, 0.2) is 5.69 Å². The van der Waals surface area contributed by atoms with Gasteiger partial charge in [-0.15, -0.1) is 0 Å². The predicted octanol–water partition coefficient (Wildman–Crippen LogP) is 3.64. The number of carbonyl (C=O) groups excluding carboxylic acids is 2. The van der Waals surface area contributed by atoms with Crippen molar-refractivity contribution < 1.29 is 9.59 Å². The molecule has 4 aromatic rings. The highest BCUT2D eigenvalue weighted by molar-refractivity contribution is 5.92. The van der Waals surface area contributed by atoms with Crippen LogP contribution in [0, 0.1) is 19.8 Å². The number of carbonyl (C=O) groups is 2. The van der Waals surface area contributed by atoms with E-state index in [1.54, 1.807) is 10.9 Å². The zero-order chi connectivity index (χ0) is 25.0. The van der Waals surface area contributed by atoms with Crippen LogP contribution in [-0.2, 0) is 4.79 Å². The first-order valence-electron chi connectivity index (χ1n) is 12.5. The number of hydrogen-bond acceptors (Lipinski definition) is 5. The summed E-state index contributed by atoms with van der Waals surface area (Å²) in [5, 5.41) is 5.35. The van der Waals surface area contributed by atoms with Crippen molar-refractivity contribution >= 4 is 22.8 Å². The van der Waals surface area contributed by atoms with E-state index in [1.165, 1.54) is 0 Å². The first-order valence-corrected chi connectivity index (χ1v) is 12.5. The van der Waals surface area contributed by atoms with E-state index >= 15 is 0 Å². The number of likely N-dealkylation sites (tertiary alicyclic amines) is 1. The highest BCUT2D eigenvalue weighted by Gasteiger charge is 2.35. The standard InChI is InChI=1S/C27H29N7O2/c1-15-16(2)34(32-24(15)25(28)35)21-11-20-13-23(31-26(20)30-14-21)19-5-8-29-22(12-19)17-6-9-33(10-7-17)27(36)18-3-4-18/h5,8,11-14,17-18H,3-4,6-7,9-10H2,1-2H3,(H2,28,35)(H,30,31). The fourth-order valence-electron chi connectivity index (χ4n) is 5.16. The number of pyridine rings is 2. The molecule has 5 heterocycles. The Morgan fingerprint density at radius 2 is 1.83 bits per heavy atom. The van der Waals surface area contributed by atoms with Crippen molar-refractivity contribution in [2.75, 3.05) is 13.1 Å². The van der Waals surface area contributed by atoms with Crippen LogP contribution in [0.25, 0.3) is 28.0 Å². The zero-order valence-electron chi connectivity index (χ0n) is 20.5. The highest BCUT2D eigenvalue weighted by atomic mass is 16.2. The Kier molecular flexibility index (Phi) is 5.35. The number of fused-ring (bicyclic) bond motifs is 1. The van der Waals surface area contributed by atoms with E-state index in [0.717, 1.165) is 83.7 Å². The minimum atomic E-state index is -0.541. The molecule has 2 amide bonds. The summed E-state index contributed by atoms with van der Waals surface area (Å²) >= 11 is 0. The third-order valence-corrected chi connectivity index (χ3v) is 7.59. The minimum Gasteiger partial charge on any atom is -0.364 e. The number of primary amides is 1. The Labute approximate surface area is 208 Å². The average Bonchev–Trinajstić information content (AvgIpc) is 3.59. The van der Waals surface area contributed by atoms with Gasteiger partial charge in [0.2, 0.25) is 5.91 Å². The molecule has 0 atom stereocenters. The lowest BCUT2D eigenvalue weighted by atomic mass is 9.92. The summed E-state index contributed by atoms with van der Waals surface area (Å²) in [4.78, 5) is 38.8. The fourth-order valence-corrected chi connectivity index (χ4v) is 5.16. The lowest BCUT2D eigenvalue weighted by molar-refractivity contribution is -0.133. The monoisotopic (exact) mass is 483 g/mol. The summed E-state index contributed by atoms with van der Waals surface area (Å²) in [6.45, 7) is 5.38. The van der Waals surface area contributed by atoms with Crippen LogP contribution in [0.2, 0.25) is 0 Å². The van der Waals surface area contributed by atoms with Gasteiger partial charge in [0.1, 0.15) is 5.65 Å². The van der Waals surface area contributed by atoms with Gasteiger partial charge >= 0.3 is 0 Å². The van der Waals surface area contributed by atoms with Crippen LogP contribution in [0.3, 0.4) is 0 Å². The first kappa shape index (κ1) is 22.5. The van der Waals surface area contributed by atoms with Crippen LogP contribution in [-0.4, -0.2) is 54.5 Å². The topological polar surface area (TPSA) is 123 Å². The Morgan fingerprint density at radius 3 is 2.53 bits per heavy atom. The SMILES string of the molecule is Cc1c(C(N)=O)nn(-c2cnc3[nH]c(-c4ccnc(C5CCN(C(=O)C6CC6)CC5)c4)cc3c2)c1C. The lowest BCUT2D eigenvalue weighted by Crippen LogP contribution is -2.38. The molecule has 6 rings (SSSR count). The summed E-state index contributed by atoms with van der Waals surface area (Å²) in [6, 6.07) is 8.22. The van der Waals surface area contributed by atoms with Gasteiger partial charge in [0.05, 0.1) is 11.9 Å². The molecule has 9 heteroatoms. The van der Waals surface area contributed by atoms with E-state index < -0.39 is 5.91 Å². The van der Waals surface area contributed by atoms with Crippen LogP contribution >= 0.6 is 0 Å². The number of H-pyrrole nitrogens is 1. The van der Waals surface area contributed by atoms with Crippen molar-refractivity contribution in [2.24, 2.45) is 11.7 Å². The Balaban J connectivity index is 1.24. The smallest absolute Gasteiger partial charge is 0.269 e. The number of aromatic amines is 1. The van der Waals surface area contributed by atoms with Gasteiger partial charge in [-0.05, 0) is 63.8 Å². The largest absolute Gasteiger partial charge is 0.364 e. The summed E-state index contributed by atoms with van der Waals surface area (Å²) in [7, 11) is 0. The highest BCUT2D eigenvalue weighted by Crippen LogP contribution is 2.35. The second-order valence-corrected chi connectivity index (χ2v) is 9.99. The van der Waals surface area contributed by atoms with Crippen LogP contribution in [0.15, 0.2) is 36.7 Å². The molecule has 0 radical (unpaired) electrons. The lowest BCUT2D eigenvalue weighted by Gasteiger charge is -2.32. The quantitative estimate of drug-likeness (QED) is 0.449. The molecule has 0 aromatic carbocycles. The number of nitrogens with one attached hydrogen (secondary N) is 1. The normalized spacial score (nSPS) is 16.6. The van der Waals surface area contributed by atoms with Crippen molar-refractivity contribution in [2.45, 2.75) is 45.4 Å². The van der Waals surface area contributed by atoms with E-state index in [-0.39, 0.29) is 11.6 Å². The van der Waals surface area contributed by atoms with Crippen molar-refractivity contribution in [3.05, 3.63) is 59.3 Å². The zero-order valence-corrected chi connectivity index (χ0v) is 20.5. The molecule has 1 aliphatic carbocycles. The maximum Gasteiger partial charge on any atom is 0.269 e. The summed E-state index contributed by atoms with van der Waals surface area (Å²) < 4.78 is 1.71. The number of nitrogens with zero attached hydrogens (tertiary/aromatic N) is 5. The predicted molar refractivity (Wildman–Crippen MR) is 136 cm³/mol. The molecule has 0 unspecified atom stereocenters. The molecular weight excluding hydrogens is 454 g/mol. The average molecular weight is 484 g/mol. The number of amides is 2. The molecule has 2 aliphatic rings. The van der Waals surface area contributed by atoms with Crippen LogP contribution in [0.1, 0.15) is 59.0 Å². The summed E-state index contributed by atoms with van der Waals surface area (Å²) in [6.07, 6.45) is 7.60. The second kappa shape index (κ2) is 8.58. The summed E-state index contributed by atoms with van der Waals surface area (Å²) in [5.41, 5.74) is 12.0.